The highest BCUT2D eigenvalue weighted by atomic mass is 16.6. The van der Waals surface area contributed by atoms with E-state index in [-0.39, 0.29) is 11.5 Å². The molecule has 120 valence electrons. The number of likely N-dealkylation sites (N-methyl/N-ethyl adjacent to an activating group) is 1. The van der Waals surface area contributed by atoms with Crippen LogP contribution in [0.25, 0.3) is 0 Å². The molecule has 0 N–H and O–H groups in total. The fourth-order valence-corrected chi connectivity index (χ4v) is 5.10. The zero-order valence-corrected chi connectivity index (χ0v) is 13.8. The van der Waals surface area contributed by atoms with E-state index < -0.39 is 0 Å². The second kappa shape index (κ2) is 4.32. The molecule has 1 aromatic rings. The molecular weight excluding hydrogens is 290 g/mol. The van der Waals surface area contributed by atoms with Crippen molar-refractivity contribution in [2.75, 3.05) is 27.8 Å². The minimum absolute atomic E-state index is 0.0611. The average molecular weight is 311 g/mol. The summed E-state index contributed by atoms with van der Waals surface area (Å²) in [5.74, 6) is 2.68. The monoisotopic (exact) mass is 311 g/mol. The molecule has 4 heteroatoms. The van der Waals surface area contributed by atoms with Gasteiger partial charge in [-0.05, 0) is 49.7 Å². The summed E-state index contributed by atoms with van der Waals surface area (Å²) in [7, 11) is 5.68. The molecule has 0 amide bonds. The summed E-state index contributed by atoms with van der Waals surface area (Å²) < 4.78 is 17.7. The number of likely N-dealkylation sites (tertiary alicyclic amines) is 1. The first kappa shape index (κ1) is 13.5. The maximum Gasteiger partial charge on any atom is 0.169 e. The van der Waals surface area contributed by atoms with Gasteiger partial charge in [-0.15, -0.1) is 0 Å². The van der Waals surface area contributed by atoms with E-state index in [0.29, 0.717) is 6.04 Å². The van der Waals surface area contributed by atoms with Crippen LogP contribution in [-0.2, 0) is 16.6 Å². The summed E-state index contributed by atoms with van der Waals surface area (Å²) in [4.78, 5) is 2.48. The largest absolute Gasteiger partial charge is 0.497 e. The summed E-state index contributed by atoms with van der Waals surface area (Å²) >= 11 is 0. The molecule has 1 unspecified atom stereocenters. The van der Waals surface area contributed by atoms with Crippen molar-refractivity contribution in [2.24, 2.45) is 0 Å². The lowest BCUT2D eigenvalue weighted by atomic mass is 9.57. The van der Waals surface area contributed by atoms with E-state index in [2.05, 4.69) is 30.2 Å². The molecule has 1 aromatic carbocycles. The zero-order chi connectivity index (χ0) is 15.8. The smallest absolute Gasteiger partial charge is 0.169 e. The summed E-state index contributed by atoms with van der Waals surface area (Å²) in [5.41, 5.74) is 4.15. The maximum atomic E-state index is 6.46. The van der Waals surface area contributed by atoms with Crippen molar-refractivity contribution in [3.05, 3.63) is 46.7 Å². The summed E-state index contributed by atoms with van der Waals surface area (Å²) in [6.45, 7) is 1.08. The van der Waals surface area contributed by atoms with Crippen LogP contribution in [-0.4, -0.2) is 44.9 Å². The van der Waals surface area contributed by atoms with E-state index in [1.807, 2.05) is 6.07 Å². The number of hydrogen-bond donors (Lipinski definition) is 0. The van der Waals surface area contributed by atoms with Crippen molar-refractivity contribution < 1.29 is 14.2 Å². The fourth-order valence-electron chi connectivity index (χ4n) is 5.10. The fraction of sp³-hybridized carbons (Fsp3) is 0.474. The standard InChI is InChI=1S/C19H21NO3/c1-20-9-8-19-12-5-7-15(22-3)18(19)23-17-14(21-2)6-4-11(16(17)19)10-13(12)20/h4-7,13,18H,8-10H2,1-3H3/t13?,18-,19-/m0/s1. The Hall–Kier alpha value is -1.94. The molecule has 1 spiro atoms. The predicted molar refractivity (Wildman–Crippen MR) is 87.0 cm³/mol. The van der Waals surface area contributed by atoms with Gasteiger partial charge >= 0.3 is 0 Å². The minimum atomic E-state index is -0.0747. The van der Waals surface area contributed by atoms with Crippen molar-refractivity contribution in [1.82, 2.24) is 4.90 Å². The van der Waals surface area contributed by atoms with Crippen LogP contribution in [0.1, 0.15) is 17.5 Å². The number of benzene rings is 1. The van der Waals surface area contributed by atoms with Crippen LogP contribution in [0.5, 0.6) is 11.5 Å². The van der Waals surface area contributed by atoms with Crippen LogP contribution in [0.15, 0.2) is 35.6 Å². The molecule has 23 heavy (non-hydrogen) atoms. The van der Waals surface area contributed by atoms with E-state index in [1.54, 1.807) is 14.2 Å². The van der Waals surface area contributed by atoms with Gasteiger partial charge in [-0.25, -0.2) is 0 Å². The van der Waals surface area contributed by atoms with Gasteiger partial charge in [-0.1, -0.05) is 12.1 Å². The van der Waals surface area contributed by atoms with Crippen LogP contribution < -0.4 is 9.47 Å². The SMILES string of the molecule is COC1=CC=C2C3Cc4ccc(OC)c5c4[C@@]2(CCN3C)[C@H]1O5. The van der Waals surface area contributed by atoms with Gasteiger partial charge in [0.15, 0.2) is 17.6 Å². The quantitative estimate of drug-likeness (QED) is 0.839. The highest BCUT2D eigenvalue weighted by Gasteiger charge is 2.61. The highest BCUT2D eigenvalue weighted by Crippen LogP contribution is 2.62. The van der Waals surface area contributed by atoms with Gasteiger partial charge in [-0.3, -0.25) is 4.90 Å². The molecule has 2 aliphatic heterocycles. The van der Waals surface area contributed by atoms with E-state index in [1.165, 1.54) is 16.7 Å². The van der Waals surface area contributed by atoms with E-state index in [9.17, 15) is 0 Å². The molecule has 1 saturated heterocycles. The van der Waals surface area contributed by atoms with Gasteiger partial charge in [-0.2, -0.15) is 0 Å². The number of ether oxygens (including phenoxy) is 3. The minimum Gasteiger partial charge on any atom is -0.497 e. The molecule has 5 rings (SSSR count). The Labute approximate surface area is 136 Å². The third-order valence-corrected chi connectivity index (χ3v) is 6.16. The first-order valence-corrected chi connectivity index (χ1v) is 8.24. The number of hydrogen-bond acceptors (Lipinski definition) is 4. The number of rotatable bonds is 2. The summed E-state index contributed by atoms with van der Waals surface area (Å²) in [6, 6.07) is 4.72. The van der Waals surface area contributed by atoms with Crippen molar-refractivity contribution in [2.45, 2.75) is 30.4 Å². The predicted octanol–water partition coefficient (Wildman–Crippen LogP) is 2.42. The average Bonchev–Trinajstić information content (AvgIpc) is 2.92. The maximum absolute atomic E-state index is 6.46. The third kappa shape index (κ3) is 1.41. The number of methoxy groups -OCH3 is 2. The van der Waals surface area contributed by atoms with Gasteiger partial charge < -0.3 is 14.2 Å². The lowest BCUT2D eigenvalue weighted by Crippen LogP contribution is -2.58. The van der Waals surface area contributed by atoms with Crippen LogP contribution in [0.4, 0.5) is 0 Å². The Morgan fingerprint density at radius 1 is 1.22 bits per heavy atom. The van der Waals surface area contributed by atoms with Crippen LogP contribution in [0, 0.1) is 0 Å². The van der Waals surface area contributed by atoms with Gasteiger partial charge in [0.05, 0.1) is 19.6 Å². The first-order chi connectivity index (χ1) is 11.2. The Morgan fingerprint density at radius 3 is 2.87 bits per heavy atom. The molecule has 4 aliphatic rings. The molecule has 4 nitrogen and oxygen atoms in total. The molecule has 0 saturated carbocycles. The number of piperidine rings is 1. The molecular formula is C19H21NO3. The van der Waals surface area contributed by atoms with E-state index >= 15 is 0 Å². The lowest BCUT2D eigenvalue weighted by molar-refractivity contribution is 0.0734. The molecule has 2 bridgehead atoms. The molecule has 2 heterocycles. The molecule has 2 aliphatic carbocycles. The molecule has 1 fully saturated rings. The van der Waals surface area contributed by atoms with Crippen molar-refractivity contribution >= 4 is 0 Å². The molecule has 3 atom stereocenters. The van der Waals surface area contributed by atoms with Crippen LogP contribution in [0.3, 0.4) is 0 Å². The van der Waals surface area contributed by atoms with Gasteiger partial charge in [0, 0.05) is 11.6 Å². The van der Waals surface area contributed by atoms with Crippen molar-refractivity contribution in [1.29, 1.82) is 0 Å². The van der Waals surface area contributed by atoms with Gasteiger partial charge in [0.25, 0.3) is 0 Å². The third-order valence-electron chi connectivity index (χ3n) is 6.16. The second-order valence-electron chi connectivity index (χ2n) is 6.95. The Balaban J connectivity index is 1.84. The zero-order valence-electron chi connectivity index (χ0n) is 13.8. The summed E-state index contributed by atoms with van der Waals surface area (Å²) in [6.07, 6.45) is 6.41. The Bertz CT molecular complexity index is 766. The Kier molecular flexibility index (Phi) is 2.54. The van der Waals surface area contributed by atoms with Gasteiger partial charge in [0.1, 0.15) is 5.76 Å². The summed E-state index contributed by atoms with van der Waals surface area (Å²) in [5, 5.41) is 0. The highest BCUT2D eigenvalue weighted by molar-refractivity contribution is 5.67. The topological polar surface area (TPSA) is 30.9 Å². The van der Waals surface area contributed by atoms with Crippen LogP contribution in [0.2, 0.25) is 0 Å². The van der Waals surface area contributed by atoms with Crippen molar-refractivity contribution in [3.8, 4) is 11.5 Å². The van der Waals surface area contributed by atoms with Crippen molar-refractivity contribution in [3.63, 3.8) is 0 Å². The molecule has 0 radical (unpaired) electrons. The number of allylic oxidation sites excluding steroid dienone is 2. The van der Waals surface area contributed by atoms with E-state index in [4.69, 9.17) is 14.2 Å². The Morgan fingerprint density at radius 2 is 2.09 bits per heavy atom. The lowest BCUT2D eigenvalue weighted by Gasteiger charge is -2.52. The van der Waals surface area contributed by atoms with E-state index in [0.717, 1.165) is 36.6 Å². The second-order valence-corrected chi connectivity index (χ2v) is 6.95. The van der Waals surface area contributed by atoms with Gasteiger partial charge in [0.2, 0.25) is 0 Å². The molecule has 0 aromatic heterocycles. The van der Waals surface area contributed by atoms with Crippen LogP contribution >= 0.6 is 0 Å². The normalized spacial score (nSPS) is 33.3. The number of nitrogens with zero attached hydrogens (tertiary/aromatic N) is 1. The first-order valence-electron chi connectivity index (χ1n) is 8.24.